The van der Waals surface area contributed by atoms with E-state index in [9.17, 15) is 4.79 Å². The zero-order valence-corrected chi connectivity index (χ0v) is 11.7. The molecule has 1 aromatic carbocycles. The van der Waals surface area contributed by atoms with Gasteiger partial charge in [-0.3, -0.25) is 14.8 Å². The largest absolute Gasteiger partial charge is 0.350 e. The summed E-state index contributed by atoms with van der Waals surface area (Å²) in [7, 11) is 0. The number of nitrogens with one attached hydrogen (secondary N) is 1. The van der Waals surface area contributed by atoms with E-state index in [1.807, 2.05) is 19.9 Å². The monoisotopic (exact) mass is 277 g/mol. The third-order valence-corrected chi connectivity index (χ3v) is 3.58. The Morgan fingerprint density at radius 1 is 1.32 bits per heavy atom. The van der Waals surface area contributed by atoms with Crippen molar-refractivity contribution in [2.24, 2.45) is 5.92 Å². The maximum absolute atomic E-state index is 12.1. The molecule has 1 aromatic heterocycles. The van der Waals surface area contributed by atoms with Gasteiger partial charge >= 0.3 is 0 Å². The zero-order chi connectivity index (χ0) is 13.8. The third kappa shape index (κ3) is 3.20. The van der Waals surface area contributed by atoms with Gasteiger partial charge in [-0.05, 0) is 18.1 Å². The Morgan fingerprint density at radius 2 is 2.05 bits per heavy atom. The zero-order valence-electron chi connectivity index (χ0n) is 10.9. The summed E-state index contributed by atoms with van der Waals surface area (Å²) >= 11 is 6.12. The molecule has 0 spiro atoms. The van der Waals surface area contributed by atoms with Crippen LogP contribution >= 0.6 is 11.6 Å². The lowest BCUT2D eigenvalue weighted by molar-refractivity contribution is 0.0954. The highest BCUT2D eigenvalue weighted by Gasteiger charge is 2.14. The normalized spacial score (nSPS) is 12.6. The van der Waals surface area contributed by atoms with Crippen molar-refractivity contribution in [2.45, 2.75) is 19.2 Å². The van der Waals surface area contributed by atoms with Gasteiger partial charge in [-0.1, -0.05) is 19.9 Å². The Labute approximate surface area is 117 Å². The summed E-state index contributed by atoms with van der Waals surface area (Å²) in [5, 5.41) is 2.75. The third-order valence-electron chi connectivity index (χ3n) is 2.92. The molecule has 0 aliphatic carbocycles. The SMILES string of the molecule is CC(C)C(Cl)CNC(=O)c1cccc2nccnc12. The summed E-state index contributed by atoms with van der Waals surface area (Å²) in [4.78, 5) is 20.5. The highest BCUT2D eigenvalue weighted by atomic mass is 35.5. The number of alkyl halides is 1. The number of aromatic nitrogens is 2. The van der Waals surface area contributed by atoms with Crippen LogP contribution in [0, 0.1) is 5.92 Å². The number of rotatable bonds is 4. The van der Waals surface area contributed by atoms with Crippen molar-refractivity contribution >= 4 is 28.5 Å². The minimum absolute atomic E-state index is 0.0787. The number of amides is 1. The molecule has 0 fully saturated rings. The summed E-state index contributed by atoms with van der Waals surface area (Å²) in [5.41, 5.74) is 1.85. The summed E-state index contributed by atoms with van der Waals surface area (Å²) in [5.74, 6) is 0.145. The summed E-state index contributed by atoms with van der Waals surface area (Å²) < 4.78 is 0. The van der Waals surface area contributed by atoms with Gasteiger partial charge in [0.05, 0.1) is 16.5 Å². The lowest BCUT2D eigenvalue weighted by atomic mass is 10.1. The summed E-state index contributed by atoms with van der Waals surface area (Å²) in [6.45, 7) is 4.48. The average Bonchev–Trinajstić information content (AvgIpc) is 2.43. The summed E-state index contributed by atoms with van der Waals surface area (Å²) in [6.07, 6.45) is 3.19. The van der Waals surface area contributed by atoms with Crippen molar-refractivity contribution < 1.29 is 4.79 Å². The highest BCUT2D eigenvalue weighted by Crippen LogP contribution is 2.14. The van der Waals surface area contributed by atoms with Crippen molar-refractivity contribution in [3.05, 3.63) is 36.2 Å². The number of benzene rings is 1. The second kappa shape index (κ2) is 5.97. The van der Waals surface area contributed by atoms with Crippen molar-refractivity contribution in [3.8, 4) is 0 Å². The topological polar surface area (TPSA) is 54.9 Å². The van der Waals surface area contributed by atoms with Gasteiger partial charge in [-0.15, -0.1) is 11.6 Å². The van der Waals surface area contributed by atoms with Gasteiger partial charge in [0.1, 0.15) is 5.52 Å². The van der Waals surface area contributed by atoms with E-state index in [4.69, 9.17) is 11.6 Å². The van der Waals surface area contributed by atoms with E-state index in [1.165, 1.54) is 0 Å². The van der Waals surface area contributed by atoms with Crippen LogP contribution in [0.3, 0.4) is 0 Å². The number of para-hydroxylation sites is 1. The smallest absolute Gasteiger partial charge is 0.253 e. The minimum Gasteiger partial charge on any atom is -0.350 e. The molecule has 0 radical (unpaired) electrons. The molecule has 0 saturated carbocycles. The van der Waals surface area contributed by atoms with E-state index in [-0.39, 0.29) is 11.3 Å². The average molecular weight is 278 g/mol. The molecule has 1 N–H and O–H groups in total. The molecular formula is C14H16ClN3O. The van der Waals surface area contributed by atoms with Crippen LogP contribution in [-0.4, -0.2) is 27.8 Å². The van der Waals surface area contributed by atoms with Gasteiger partial charge in [0.15, 0.2) is 0 Å². The Balaban J connectivity index is 2.18. The van der Waals surface area contributed by atoms with Crippen molar-refractivity contribution in [3.63, 3.8) is 0 Å². The molecule has 1 unspecified atom stereocenters. The molecule has 100 valence electrons. The van der Waals surface area contributed by atoms with Crippen LogP contribution in [0.2, 0.25) is 0 Å². The van der Waals surface area contributed by atoms with Crippen LogP contribution in [-0.2, 0) is 0 Å². The standard InChI is InChI=1S/C14H16ClN3O/c1-9(2)11(15)8-18-14(19)10-4-3-5-12-13(10)17-7-6-16-12/h3-7,9,11H,8H2,1-2H3,(H,18,19). The molecule has 4 nitrogen and oxygen atoms in total. The van der Waals surface area contributed by atoms with Gasteiger partial charge in [0.25, 0.3) is 5.91 Å². The van der Waals surface area contributed by atoms with E-state index in [2.05, 4.69) is 15.3 Å². The molecule has 2 aromatic rings. The number of fused-ring (bicyclic) bond motifs is 1. The Kier molecular flexibility index (Phi) is 4.32. The van der Waals surface area contributed by atoms with E-state index < -0.39 is 0 Å². The quantitative estimate of drug-likeness (QED) is 0.874. The second-order valence-corrected chi connectivity index (χ2v) is 5.26. The van der Waals surface area contributed by atoms with Crippen LogP contribution in [0.25, 0.3) is 11.0 Å². The molecule has 1 amide bonds. The van der Waals surface area contributed by atoms with Gasteiger partial charge in [0, 0.05) is 18.9 Å². The molecule has 0 bridgehead atoms. The van der Waals surface area contributed by atoms with E-state index in [0.717, 1.165) is 0 Å². The molecule has 2 rings (SSSR count). The number of carbonyl (C=O) groups excluding carboxylic acids is 1. The van der Waals surface area contributed by atoms with Crippen LogP contribution in [0.5, 0.6) is 0 Å². The highest BCUT2D eigenvalue weighted by molar-refractivity contribution is 6.21. The Bertz CT molecular complexity index is 580. The Hall–Kier alpha value is -1.68. The second-order valence-electron chi connectivity index (χ2n) is 4.70. The fourth-order valence-electron chi connectivity index (χ4n) is 1.70. The first kappa shape index (κ1) is 13.7. The molecule has 19 heavy (non-hydrogen) atoms. The number of halogens is 1. The van der Waals surface area contributed by atoms with Crippen molar-refractivity contribution in [1.82, 2.24) is 15.3 Å². The number of carbonyl (C=O) groups is 1. The predicted octanol–water partition coefficient (Wildman–Crippen LogP) is 2.62. The molecule has 0 aliphatic heterocycles. The molecular weight excluding hydrogens is 262 g/mol. The summed E-state index contributed by atoms with van der Waals surface area (Å²) in [6, 6.07) is 5.37. The van der Waals surface area contributed by atoms with Crippen LogP contribution in [0.1, 0.15) is 24.2 Å². The first-order valence-corrected chi connectivity index (χ1v) is 6.65. The lowest BCUT2D eigenvalue weighted by Gasteiger charge is -2.14. The van der Waals surface area contributed by atoms with E-state index in [1.54, 1.807) is 24.5 Å². The van der Waals surface area contributed by atoms with Gasteiger partial charge in [-0.2, -0.15) is 0 Å². The molecule has 5 heteroatoms. The van der Waals surface area contributed by atoms with Crippen LogP contribution in [0.4, 0.5) is 0 Å². The maximum Gasteiger partial charge on any atom is 0.253 e. The van der Waals surface area contributed by atoms with Gasteiger partial charge in [0.2, 0.25) is 0 Å². The number of hydrogen-bond donors (Lipinski definition) is 1. The van der Waals surface area contributed by atoms with Crippen molar-refractivity contribution in [1.29, 1.82) is 0 Å². The van der Waals surface area contributed by atoms with Gasteiger partial charge < -0.3 is 5.32 Å². The minimum atomic E-state index is -0.169. The first-order chi connectivity index (χ1) is 9.09. The lowest BCUT2D eigenvalue weighted by Crippen LogP contribution is -2.32. The van der Waals surface area contributed by atoms with Gasteiger partial charge in [-0.25, -0.2) is 0 Å². The molecule has 1 atom stereocenters. The first-order valence-electron chi connectivity index (χ1n) is 6.21. The fourth-order valence-corrected chi connectivity index (χ4v) is 1.77. The molecule has 1 heterocycles. The number of hydrogen-bond acceptors (Lipinski definition) is 3. The number of nitrogens with zero attached hydrogens (tertiary/aromatic N) is 2. The van der Waals surface area contributed by atoms with Crippen molar-refractivity contribution in [2.75, 3.05) is 6.54 Å². The molecule has 0 saturated heterocycles. The predicted molar refractivity (Wildman–Crippen MR) is 76.4 cm³/mol. The maximum atomic E-state index is 12.1. The van der Waals surface area contributed by atoms with E-state index in [0.29, 0.717) is 29.1 Å². The van der Waals surface area contributed by atoms with E-state index >= 15 is 0 Å². The van der Waals surface area contributed by atoms with Crippen LogP contribution < -0.4 is 5.32 Å². The molecule has 0 aliphatic rings. The Morgan fingerprint density at radius 3 is 2.79 bits per heavy atom. The van der Waals surface area contributed by atoms with Crippen LogP contribution in [0.15, 0.2) is 30.6 Å². The fraction of sp³-hybridized carbons (Fsp3) is 0.357.